The van der Waals surface area contributed by atoms with Crippen LogP contribution in [-0.4, -0.2) is 6.54 Å². The van der Waals surface area contributed by atoms with Gasteiger partial charge in [-0.3, -0.25) is 0 Å². The molecule has 0 amide bonds. The minimum Gasteiger partial charge on any atom is -0.464 e. The van der Waals surface area contributed by atoms with Gasteiger partial charge in [0.15, 0.2) is 0 Å². The van der Waals surface area contributed by atoms with Crippen LogP contribution in [0, 0.1) is 12.7 Å². The Morgan fingerprint density at radius 1 is 1.35 bits per heavy atom. The SMILES string of the molecule is Cc1ccc(C(CN)Nc2cccc(F)c2)o1. The van der Waals surface area contributed by atoms with Crippen LogP contribution < -0.4 is 11.1 Å². The molecule has 3 nitrogen and oxygen atoms in total. The summed E-state index contributed by atoms with van der Waals surface area (Å²) in [4.78, 5) is 0. The zero-order valence-corrected chi connectivity index (χ0v) is 9.61. The molecular weight excluding hydrogens is 219 g/mol. The number of hydrogen-bond acceptors (Lipinski definition) is 3. The molecule has 0 aliphatic heterocycles. The number of rotatable bonds is 4. The van der Waals surface area contributed by atoms with Gasteiger partial charge in [0.1, 0.15) is 17.3 Å². The first-order valence-electron chi connectivity index (χ1n) is 5.47. The van der Waals surface area contributed by atoms with Crippen LogP contribution in [-0.2, 0) is 0 Å². The van der Waals surface area contributed by atoms with Gasteiger partial charge in [-0.1, -0.05) is 6.07 Å². The van der Waals surface area contributed by atoms with Gasteiger partial charge in [-0.2, -0.15) is 0 Å². The Morgan fingerprint density at radius 2 is 2.18 bits per heavy atom. The van der Waals surface area contributed by atoms with E-state index < -0.39 is 0 Å². The fraction of sp³-hybridized carbons (Fsp3) is 0.231. The lowest BCUT2D eigenvalue weighted by atomic mass is 10.2. The summed E-state index contributed by atoms with van der Waals surface area (Å²) in [5.74, 6) is 1.31. The smallest absolute Gasteiger partial charge is 0.127 e. The number of hydrogen-bond donors (Lipinski definition) is 2. The quantitative estimate of drug-likeness (QED) is 0.855. The molecule has 0 aliphatic rings. The van der Waals surface area contributed by atoms with Crippen LogP contribution in [0.3, 0.4) is 0 Å². The summed E-state index contributed by atoms with van der Waals surface area (Å²) < 4.78 is 18.5. The molecule has 2 aromatic rings. The summed E-state index contributed by atoms with van der Waals surface area (Å²) in [6.07, 6.45) is 0. The zero-order valence-electron chi connectivity index (χ0n) is 9.61. The summed E-state index contributed by atoms with van der Waals surface area (Å²) in [7, 11) is 0. The minimum atomic E-state index is -0.276. The molecule has 3 N–H and O–H groups in total. The van der Waals surface area contributed by atoms with Crippen molar-refractivity contribution in [2.45, 2.75) is 13.0 Å². The molecule has 1 heterocycles. The Balaban J connectivity index is 2.15. The molecule has 0 aliphatic carbocycles. The van der Waals surface area contributed by atoms with Crippen molar-refractivity contribution >= 4 is 5.69 Å². The van der Waals surface area contributed by atoms with E-state index in [2.05, 4.69) is 5.32 Å². The normalized spacial score (nSPS) is 12.4. The Labute approximate surface area is 99.4 Å². The molecule has 90 valence electrons. The Hall–Kier alpha value is -1.81. The molecule has 1 aromatic heterocycles. The molecule has 0 saturated heterocycles. The van der Waals surface area contributed by atoms with E-state index in [4.69, 9.17) is 10.2 Å². The third kappa shape index (κ3) is 2.85. The average molecular weight is 234 g/mol. The maximum Gasteiger partial charge on any atom is 0.127 e. The van der Waals surface area contributed by atoms with E-state index >= 15 is 0 Å². The predicted molar refractivity (Wildman–Crippen MR) is 65.3 cm³/mol. The summed E-state index contributed by atoms with van der Waals surface area (Å²) in [5, 5.41) is 3.14. The van der Waals surface area contributed by atoms with E-state index in [0.717, 1.165) is 11.5 Å². The van der Waals surface area contributed by atoms with Crippen molar-refractivity contribution in [3.63, 3.8) is 0 Å². The van der Waals surface area contributed by atoms with E-state index in [1.165, 1.54) is 12.1 Å². The van der Waals surface area contributed by atoms with Crippen LogP contribution in [0.1, 0.15) is 17.6 Å². The second-order valence-electron chi connectivity index (χ2n) is 3.89. The summed E-state index contributed by atoms with van der Waals surface area (Å²) >= 11 is 0. The Morgan fingerprint density at radius 3 is 2.76 bits per heavy atom. The largest absolute Gasteiger partial charge is 0.464 e. The molecule has 17 heavy (non-hydrogen) atoms. The van der Waals surface area contributed by atoms with Crippen molar-refractivity contribution in [2.75, 3.05) is 11.9 Å². The van der Waals surface area contributed by atoms with E-state index in [1.54, 1.807) is 12.1 Å². The van der Waals surface area contributed by atoms with Crippen molar-refractivity contribution in [3.8, 4) is 0 Å². The van der Waals surface area contributed by atoms with Gasteiger partial charge in [-0.25, -0.2) is 4.39 Å². The van der Waals surface area contributed by atoms with Gasteiger partial charge in [-0.05, 0) is 37.3 Å². The molecule has 1 unspecified atom stereocenters. The van der Waals surface area contributed by atoms with Gasteiger partial charge < -0.3 is 15.5 Å². The number of aryl methyl sites for hydroxylation is 1. The van der Waals surface area contributed by atoms with Gasteiger partial charge in [-0.15, -0.1) is 0 Å². The standard InChI is InChI=1S/C13H15FN2O/c1-9-5-6-13(17-9)12(8-15)16-11-4-2-3-10(14)7-11/h2-7,12,16H,8,15H2,1H3. The van der Waals surface area contributed by atoms with Crippen LogP contribution in [0.25, 0.3) is 0 Å². The fourth-order valence-corrected chi connectivity index (χ4v) is 1.67. The first-order valence-corrected chi connectivity index (χ1v) is 5.47. The third-order valence-corrected chi connectivity index (χ3v) is 2.51. The number of nitrogens with one attached hydrogen (secondary N) is 1. The molecular formula is C13H15FN2O. The minimum absolute atomic E-state index is 0.148. The van der Waals surface area contributed by atoms with Crippen LogP contribution >= 0.6 is 0 Å². The highest BCUT2D eigenvalue weighted by Crippen LogP contribution is 2.21. The van der Waals surface area contributed by atoms with Crippen LogP contribution in [0.2, 0.25) is 0 Å². The number of furan rings is 1. The Bertz CT molecular complexity index is 496. The highest BCUT2D eigenvalue weighted by atomic mass is 19.1. The lowest BCUT2D eigenvalue weighted by Gasteiger charge is -2.15. The van der Waals surface area contributed by atoms with Crippen LogP contribution in [0.5, 0.6) is 0 Å². The molecule has 0 bridgehead atoms. The second kappa shape index (κ2) is 5.01. The molecule has 4 heteroatoms. The van der Waals surface area contributed by atoms with Gasteiger partial charge in [0.05, 0.1) is 6.04 Å². The highest BCUT2D eigenvalue weighted by Gasteiger charge is 2.13. The van der Waals surface area contributed by atoms with Crippen molar-refractivity contribution in [2.24, 2.45) is 5.73 Å². The number of halogens is 1. The third-order valence-electron chi connectivity index (χ3n) is 2.51. The maximum absolute atomic E-state index is 13.0. The predicted octanol–water partition coefficient (Wildman–Crippen LogP) is 2.84. The monoisotopic (exact) mass is 234 g/mol. The number of nitrogens with two attached hydrogens (primary N) is 1. The van der Waals surface area contributed by atoms with Crippen molar-refractivity contribution in [1.29, 1.82) is 0 Å². The first-order chi connectivity index (χ1) is 8.19. The van der Waals surface area contributed by atoms with E-state index in [1.807, 2.05) is 19.1 Å². The molecule has 0 saturated carbocycles. The summed E-state index contributed by atoms with van der Waals surface area (Å²) in [6, 6.07) is 9.88. The number of benzene rings is 1. The Kier molecular flexibility index (Phi) is 3.44. The highest BCUT2D eigenvalue weighted by molar-refractivity contribution is 5.45. The fourth-order valence-electron chi connectivity index (χ4n) is 1.67. The topological polar surface area (TPSA) is 51.2 Å². The van der Waals surface area contributed by atoms with E-state index in [-0.39, 0.29) is 11.9 Å². The van der Waals surface area contributed by atoms with Gasteiger partial charge in [0.25, 0.3) is 0 Å². The van der Waals surface area contributed by atoms with Gasteiger partial charge >= 0.3 is 0 Å². The lowest BCUT2D eigenvalue weighted by molar-refractivity contribution is 0.459. The molecule has 1 aromatic carbocycles. The second-order valence-corrected chi connectivity index (χ2v) is 3.89. The average Bonchev–Trinajstić information content (AvgIpc) is 2.73. The van der Waals surface area contributed by atoms with Gasteiger partial charge in [0, 0.05) is 12.2 Å². The molecule has 0 radical (unpaired) electrons. The molecule has 1 atom stereocenters. The molecule has 0 spiro atoms. The zero-order chi connectivity index (χ0) is 12.3. The van der Waals surface area contributed by atoms with Crippen molar-refractivity contribution in [3.05, 3.63) is 53.7 Å². The maximum atomic E-state index is 13.0. The summed E-state index contributed by atoms with van der Waals surface area (Å²) in [6.45, 7) is 2.25. The van der Waals surface area contributed by atoms with E-state index in [0.29, 0.717) is 12.2 Å². The van der Waals surface area contributed by atoms with Crippen molar-refractivity contribution < 1.29 is 8.81 Å². The first kappa shape index (κ1) is 11.7. The lowest BCUT2D eigenvalue weighted by Crippen LogP contribution is -2.20. The van der Waals surface area contributed by atoms with Crippen molar-refractivity contribution in [1.82, 2.24) is 0 Å². The van der Waals surface area contributed by atoms with Crippen LogP contribution in [0.4, 0.5) is 10.1 Å². The molecule has 2 rings (SSSR count). The van der Waals surface area contributed by atoms with E-state index in [9.17, 15) is 4.39 Å². The van der Waals surface area contributed by atoms with Crippen LogP contribution in [0.15, 0.2) is 40.8 Å². The van der Waals surface area contributed by atoms with Gasteiger partial charge in [0.2, 0.25) is 0 Å². The summed E-state index contributed by atoms with van der Waals surface area (Å²) in [5.41, 5.74) is 6.37. The number of anilines is 1. The molecule has 0 fully saturated rings.